The van der Waals surface area contributed by atoms with Gasteiger partial charge >= 0.3 is 0 Å². The lowest BCUT2D eigenvalue weighted by molar-refractivity contribution is 0.476. The molecule has 1 aliphatic rings. The molecule has 0 saturated carbocycles. The third-order valence-corrected chi connectivity index (χ3v) is 4.86. The number of hydrogen-bond acceptors (Lipinski definition) is 3. The maximum absolute atomic E-state index is 9.53. The molecule has 0 fully saturated rings. The van der Waals surface area contributed by atoms with Gasteiger partial charge < -0.3 is 10.1 Å². The SMILES string of the molecule is Oc1ccc2nc(C3CCCc4sccc43)[nH]c2c1. The summed E-state index contributed by atoms with van der Waals surface area (Å²) < 4.78 is 0. The van der Waals surface area contributed by atoms with Crippen LogP contribution in [0.25, 0.3) is 11.0 Å². The molecular weight excluding hydrogens is 256 g/mol. The zero-order valence-electron chi connectivity index (χ0n) is 10.4. The molecule has 0 spiro atoms. The van der Waals surface area contributed by atoms with Crippen LogP contribution in [0, 0.1) is 0 Å². The summed E-state index contributed by atoms with van der Waals surface area (Å²) in [6.07, 6.45) is 3.57. The number of thiophene rings is 1. The van der Waals surface area contributed by atoms with Crippen LogP contribution in [0.15, 0.2) is 29.6 Å². The van der Waals surface area contributed by atoms with Gasteiger partial charge in [-0.3, -0.25) is 0 Å². The number of aryl methyl sites for hydroxylation is 1. The van der Waals surface area contributed by atoms with Crippen molar-refractivity contribution in [1.29, 1.82) is 0 Å². The predicted octanol–water partition coefficient (Wildman–Crippen LogP) is 3.80. The molecule has 0 bridgehead atoms. The van der Waals surface area contributed by atoms with E-state index in [1.807, 2.05) is 17.4 Å². The molecule has 4 rings (SSSR count). The van der Waals surface area contributed by atoms with E-state index in [0.29, 0.717) is 5.92 Å². The van der Waals surface area contributed by atoms with Crippen molar-refractivity contribution in [2.24, 2.45) is 0 Å². The first-order chi connectivity index (χ1) is 9.31. The van der Waals surface area contributed by atoms with E-state index in [4.69, 9.17) is 4.98 Å². The number of imidazole rings is 1. The lowest BCUT2D eigenvalue weighted by Gasteiger charge is -2.20. The summed E-state index contributed by atoms with van der Waals surface area (Å²) in [5, 5.41) is 11.7. The van der Waals surface area contributed by atoms with Crippen molar-refractivity contribution in [2.45, 2.75) is 25.2 Å². The van der Waals surface area contributed by atoms with Crippen LogP contribution in [0.3, 0.4) is 0 Å². The van der Waals surface area contributed by atoms with Crippen molar-refractivity contribution >= 4 is 22.4 Å². The van der Waals surface area contributed by atoms with Crippen LogP contribution in [0.2, 0.25) is 0 Å². The Kier molecular flexibility index (Phi) is 2.38. The molecule has 0 radical (unpaired) electrons. The Bertz CT molecular complexity index is 744. The second-order valence-corrected chi connectivity index (χ2v) is 6.07. The number of aromatic amines is 1. The standard InChI is InChI=1S/C15H14N2OS/c18-9-4-5-12-13(8-9)17-15(16-12)11-2-1-3-14-10(11)6-7-19-14/h4-8,11,18H,1-3H2,(H,16,17). The minimum atomic E-state index is 0.280. The molecule has 2 aromatic heterocycles. The van der Waals surface area contributed by atoms with Crippen LogP contribution >= 0.6 is 11.3 Å². The van der Waals surface area contributed by atoms with Gasteiger partial charge in [0.05, 0.1) is 11.0 Å². The van der Waals surface area contributed by atoms with Crippen LogP contribution < -0.4 is 0 Å². The lowest BCUT2D eigenvalue weighted by atomic mass is 9.87. The van der Waals surface area contributed by atoms with Crippen LogP contribution in [0.4, 0.5) is 0 Å². The molecule has 3 aromatic rings. The molecule has 1 atom stereocenters. The average molecular weight is 270 g/mol. The third kappa shape index (κ3) is 1.75. The first-order valence-electron chi connectivity index (χ1n) is 6.56. The maximum atomic E-state index is 9.53. The minimum absolute atomic E-state index is 0.280. The highest BCUT2D eigenvalue weighted by atomic mass is 32.1. The quantitative estimate of drug-likeness (QED) is 0.706. The first kappa shape index (κ1) is 11.1. The zero-order chi connectivity index (χ0) is 12.8. The number of phenols is 1. The molecular formula is C15H14N2OS. The van der Waals surface area contributed by atoms with Crippen molar-refractivity contribution < 1.29 is 5.11 Å². The monoisotopic (exact) mass is 270 g/mol. The Morgan fingerprint density at radius 1 is 1.32 bits per heavy atom. The van der Waals surface area contributed by atoms with E-state index in [1.165, 1.54) is 23.3 Å². The Labute approximate surface area is 114 Å². The van der Waals surface area contributed by atoms with Crippen molar-refractivity contribution in [3.8, 4) is 5.75 Å². The number of H-pyrrole nitrogens is 1. The zero-order valence-corrected chi connectivity index (χ0v) is 11.2. The van der Waals surface area contributed by atoms with Crippen LogP contribution in [0.1, 0.15) is 35.0 Å². The number of rotatable bonds is 1. The van der Waals surface area contributed by atoms with E-state index >= 15 is 0 Å². The molecule has 1 aliphatic carbocycles. The third-order valence-electron chi connectivity index (χ3n) is 3.87. The molecule has 1 aromatic carbocycles. The molecule has 2 heterocycles. The average Bonchev–Trinajstić information content (AvgIpc) is 3.03. The van der Waals surface area contributed by atoms with E-state index in [1.54, 1.807) is 12.1 Å². The smallest absolute Gasteiger partial charge is 0.117 e. The van der Waals surface area contributed by atoms with Gasteiger partial charge in [-0.25, -0.2) is 4.98 Å². The number of fused-ring (bicyclic) bond motifs is 2. The topological polar surface area (TPSA) is 48.9 Å². The van der Waals surface area contributed by atoms with E-state index in [-0.39, 0.29) is 5.75 Å². The van der Waals surface area contributed by atoms with Crippen molar-refractivity contribution in [3.63, 3.8) is 0 Å². The fourth-order valence-electron chi connectivity index (χ4n) is 2.95. The second-order valence-electron chi connectivity index (χ2n) is 5.07. The molecule has 1 unspecified atom stereocenters. The molecule has 2 N–H and O–H groups in total. The number of benzene rings is 1. The normalized spacial score (nSPS) is 18.6. The van der Waals surface area contributed by atoms with Gasteiger partial charge in [-0.05, 0) is 48.4 Å². The maximum Gasteiger partial charge on any atom is 0.117 e. The van der Waals surface area contributed by atoms with Crippen molar-refractivity contribution in [3.05, 3.63) is 45.9 Å². The summed E-state index contributed by atoms with van der Waals surface area (Å²) >= 11 is 1.85. The highest BCUT2D eigenvalue weighted by Gasteiger charge is 2.25. The van der Waals surface area contributed by atoms with Gasteiger partial charge in [-0.1, -0.05) is 0 Å². The summed E-state index contributed by atoms with van der Waals surface area (Å²) in [7, 11) is 0. The van der Waals surface area contributed by atoms with E-state index in [0.717, 1.165) is 23.3 Å². The van der Waals surface area contributed by atoms with Gasteiger partial charge in [0.15, 0.2) is 0 Å². The number of nitrogens with zero attached hydrogens (tertiary/aromatic N) is 1. The summed E-state index contributed by atoms with van der Waals surface area (Å²) in [4.78, 5) is 9.56. The number of aromatic hydroxyl groups is 1. The summed E-state index contributed by atoms with van der Waals surface area (Å²) in [5.41, 5.74) is 3.27. The summed E-state index contributed by atoms with van der Waals surface area (Å²) in [5.74, 6) is 1.69. The highest BCUT2D eigenvalue weighted by Crippen LogP contribution is 2.38. The number of hydrogen-bond donors (Lipinski definition) is 2. The molecule has 3 nitrogen and oxygen atoms in total. The van der Waals surface area contributed by atoms with Gasteiger partial charge in [0.1, 0.15) is 11.6 Å². The van der Waals surface area contributed by atoms with Crippen LogP contribution in [-0.4, -0.2) is 15.1 Å². The van der Waals surface area contributed by atoms with Crippen LogP contribution in [-0.2, 0) is 6.42 Å². The summed E-state index contributed by atoms with van der Waals surface area (Å²) in [6, 6.07) is 7.52. The highest BCUT2D eigenvalue weighted by molar-refractivity contribution is 7.10. The van der Waals surface area contributed by atoms with Gasteiger partial charge in [-0.2, -0.15) is 0 Å². The van der Waals surface area contributed by atoms with Gasteiger partial charge in [0, 0.05) is 16.9 Å². The van der Waals surface area contributed by atoms with Crippen molar-refractivity contribution in [1.82, 2.24) is 9.97 Å². The number of phenolic OH excluding ortho intramolecular Hbond substituents is 1. The van der Waals surface area contributed by atoms with Gasteiger partial charge in [0.2, 0.25) is 0 Å². The Balaban J connectivity index is 1.83. The molecule has 96 valence electrons. The lowest BCUT2D eigenvalue weighted by Crippen LogP contribution is -2.09. The summed E-state index contributed by atoms with van der Waals surface area (Å²) in [6.45, 7) is 0. The van der Waals surface area contributed by atoms with Crippen molar-refractivity contribution in [2.75, 3.05) is 0 Å². The van der Waals surface area contributed by atoms with E-state index < -0.39 is 0 Å². The Hall–Kier alpha value is -1.81. The Morgan fingerprint density at radius 2 is 2.26 bits per heavy atom. The first-order valence-corrected chi connectivity index (χ1v) is 7.44. The Morgan fingerprint density at radius 3 is 3.21 bits per heavy atom. The number of aromatic nitrogens is 2. The van der Waals surface area contributed by atoms with E-state index in [2.05, 4.69) is 16.4 Å². The molecule has 0 amide bonds. The second kappa shape index (κ2) is 4.10. The molecule has 19 heavy (non-hydrogen) atoms. The molecule has 0 saturated heterocycles. The van der Waals surface area contributed by atoms with Gasteiger partial charge in [0.25, 0.3) is 0 Å². The van der Waals surface area contributed by atoms with Gasteiger partial charge in [-0.15, -0.1) is 11.3 Å². The minimum Gasteiger partial charge on any atom is -0.508 e. The van der Waals surface area contributed by atoms with Crippen LogP contribution in [0.5, 0.6) is 5.75 Å². The predicted molar refractivity (Wildman–Crippen MR) is 76.9 cm³/mol. The fraction of sp³-hybridized carbons (Fsp3) is 0.267. The largest absolute Gasteiger partial charge is 0.508 e. The van der Waals surface area contributed by atoms with E-state index in [9.17, 15) is 5.11 Å². The number of nitrogens with one attached hydrogen (secondary N) is 1. The fourth-order valence-corrected chi connectivity index (χ4v) is 3.94. The molecule has 4 heteroatoms. The molecule has 0 aliphatic heterocycles.